The lowest BCUT2D eigenvalue weighted by Crippen LogP contribution is -2.46. The van der Waals surface area contributed by atoms with Crippen molar-refractivity contribution in [2.45, 2.75) is 32.7 Å². The van der Waals surface area contributed by atoms with Crippen molar-refractivity contribution in [1.82, 2.24) is 10.2 Å². The highest BCUT2D eigenvalue weighted by Gasteiger charge is 2.37. The van der Waals surface area contributed by atoms with Crippen LogP contribution in [0.4, 0.5) is 10.5 Å². The zero-order chi connectivity index (χ0) is 22.4. The maximum Gasteiger partial charge on any atom is 0.338 e. The van der Waals surface area contributed by atoms with Crippen molar-refractivity contribution in [1.29, 1.82) is 0 Å². The molecule has 1 aliphatic heterocycles. The van der Waals surface area contributed by atoms with Crippen molar-refractivity contribution in [2.75, 3.05) is 19.0 Å². The van der Waals surface area contributed by atoms with E-state index in [2.05, 4.69) is 10.6 Å². The molecule has 0 aromatic heterocycles. The molecule has 2 N–H and O–H groups in total. The quantitative estimate of drug-likeness (QED) is 0.659. The number of anilines is 1. The molecule has 3 amide bonds. The zero-order valence-electron chi connectivity index (χ0n) is 18.0. The lowest BCUT2D eigenvalue weighted by Gasteiger charge is -2.34. The molecule has 3 rings (SSSR count). The van der Waals surface area contributed by atoms with Crippen molar-refractivity contribution in [3.8, 4) is 0 Å². The summed E-state index contributed by atoms with van der Waals surface area (Å²) in [7, 11) is 1.62. The molecule has 0 aliphatic carbocycles. The second kappa shape index (κ2) is 9.93. The van der Waals surface area contributed by atoms with Gasteiger partial charge in [0.1, 0.15) is 0 Å². The SMILES string of the molecule is CCCC(=O)Nc1ccc(C2NC(=O)N(C)C(c3ccccc3)=C2C(=O)OCC)cc1. The van der Waals surface area contributed by atoms with Gasteiger partial charge in [-0.1, -0.05) is 49.4 Å². The van der Waals surface area contributed by atoms with E-state index in [-0.39, 0.29) is 18.5 Å². The summed E-state index contributed by atoms with van der Waals surface area (Å²) < 4.78 is 5.34. The molecule has 0 saturated carbocycles. The van der Waals surface area contributed by atoms with E-state index in [4.69, 9.17) is 4.74 Å². The van der Waals surface area contributed by atoms with Crippen LogP contribution in [0.15, 0.2) is 60.2 Å². The molecule has 0 fully saturated rings. The van der Waals surface area contributed by atoms with Crippen LogP contribution >= 0.6 is 0 Å². The molecule has 1 unspecified atom stereocenters. The van der Waals surface area contributed by atoms with Gasteiger partial charge in [-0.2, -0.15) is 0 Å². The first kappa shape index (κ1) is 22.1. The van der Waals surface area contributed by atoms with Crippen LogP contribution in [0.25, 0.3) is 5.70 Å². The lowest BCUT2D eigenvalue weighted by molar-refractivity contribution is -0.139. The normalized spacial score (nSPS) is 16.0. The van der Waals surface area contributed by atoms with Crippen molar-refractivity contribution in [2.24, 2.45) is 0 Å². The fourth-order valence-corrected chi connectivity index (χ4v) is 3.54. The van der Waals surface area contributed by atoms with E-state index in [1.807, 2.05) is 37.3 Å². The third-order valence-electron chi connectivity index (χ3n) is 5.00. The molecular formula is C24H27N3O4. The second-order valence-electron chi connectivity index (χ2n) is 7.21. The molecule has 0 bridgehead atoms. The van der Waals surface area contributed by atoms with E-state index in [9.17, 15) is 14.4 Å². The predicted octanol–water partition coefficient (Wildman–Crippen LogP) is 4.10. The first-order valence-electron chi connectivity index (χ1n) is 10.4. The fraction of sp³-hybridized carbons (Fsp3) is 0.292. The Bertz CT molecular complexity index is 984. The third-order valence-corrected chi connectivity index (χ3v) is 5.00. The average Bonchev–Trinajstić information content (AvgIpc) is 2.76. The minimum absolute atomic E-state index is 0.0543. The Morgan fingerprint density at radius 1 is 1.06 bits per heavy atom. The summed E-state index contributed by atoms with van der Waals surface area (Å²) in [6.45, 7) is 3.91. The molecule has 0 radical (unpaired) electrons. The highest BCUT2D eigenvalue weighted by molar-refractivity contribution is 6.04. The molecule has 1 heterocycles. The maximum atomic E-state index is 13.0. The predicted molar refractivity (Wildman–Crippen MR) is 119 cm³/mol. The number of rotatable bonds is 7. The number of hydrogen-bond acceptors (Lipinski definition) is 4. The zero-order valence-corrected chi connectivity index (χ0v) is 18.0. The van der Waals surface area contributed by atoms with Crippen LogP contribution in [0.5, 0.6) is 0 Å². The summed E-state index contributed by atoms with van der Waals surface area (Å²) in [6.07, 6.45) is 1.21. The van der Waals surface area contributed by atoms with Crippen LogP contribution in [0.3, 0.4) is 0 Å². The molecule has 7 nitrogen and oxygen atoms in total. The number of carbonyl (C=O) groups excluding carboxylic acids is 3. The minimum atomic E-state index is -0.682. The van der Waals surface area contributed by atoms with Gasteiger partial charge in [0.2, 0.25) is 5.91 Å². The van der Waals surface area contributed by atoms with Gasteiger partial charge >= 0.3 is 12.0 Å². The largest absolute Gasteiger partial charge is 0.463 e. The summed E-state index contributed by atoms with van der Waals surface area (Å²) in [4.78, 5) is 39.0. The van der Waals surface area contributed by atoms with Crippen molar-refractivity contribution < 1.29 is 19.1 Å². The highest BCUT2D eigenvalue weighted by Crippen LogP contribution is 2.36. The van der Waals surface area contributed by atoms with Crippen molar-refractivity contribution in [3.05, 3.63) is 71.3 Å². The van der Waals surface area contributed by atoms with Gasteiger partial charge < -0.3 is 15.4 Å². The number of carbonyl (C=O) groups is 3. The molecule has 162 valence electrons. The summed E-state index contributed by atoms with van der Waals surface area (Å²) in [5, 5.41) is 5.73. The number of hydrogen-bond donors (Lipinski definition) is 2. The molecule has 7 heteroatoms. The number of urea groups is 1. The first-order valence-corrected chi connectivity index (χ1v) is 10.4. The Morgan fingerprint density at radius 3 is 2.35 bits per heavy atom. The molecule has 2 aromatic rings. The van der Waals surface area contributed by atoms with E-state index < -0.39 is 12.0 Å². The van der Waals surface area contributed by atoms with Gasteiger partial charge in [0.15, 0.2) is 0 Å². The number of amides is 3. The first-order chi connectivity index (χ1) is 15.0. The summed E-state index contributed by atoms with van der Waals surface area (Å²) in [6, 6.07) is 15.4. The number of nitrogens with zero attached hydrogens (tertiary/aromatic N) is 1. The smallest absolute Gasteiger partial charge is 0.338 e. The third kappa shape index (κ3) is 4.94. The van der Waals surface area contributed by atoms with Crippen LogP contribution in [-0.4, -0.2) is 36.5 Å². The standard InChI is InChI=1S/C24H27N3O4/c1-4-9-19(28)25-18-14-12-16(13-15-18)21-20(23(29)31-5-2)22(27(3)24(30)26-21)17-10-7-6-8-11-17/h6-8,10-15,21H,4-5,9H2,1-3H3,(H,25,28)(H,26,30). The van der Waals surface area contributed by atoms with Crippen molar-refractivity contribution in [3.63, 3.8) is 0 Å². The van der Waals surface area contributed by atoms with Gasteiger partial charge in [0.05, 0.1) is 23.9 Å². The topological polar surface area (TPSA) is 87.7 Å². The number of esters is 1. The van der Waals surface area contributed by atoms with Gasteiger partial charge in [-0.25, -0.2) is 9.59 Å². The van der Waals surface area contributed by atoms with E-state index in [1.165, 1.54) is 4.90 Å². The maximum absolute atomic E-state index is 13.0. The Kier molecular flexibility index (Phi) is 7.07. The number of nitrogens with one attached hydrogen (secondary N) is 2. The monoisotopic (exact) mass is 421 g/mol. The van der Waals surface area contributed by atoms with E-state index in [1.54, 1.807) is 38.2 Å². The Hall–Kier alpha value is -3.61. The molecule has 1 atom stereocenters. The average molecular weight is 421 g/mol. The van der Waals surface area contributed by atoms with Gasteiger partial charge in [-0.15, -0.1) is 0 Å². The molecule has 1 aliphatic rings. The van der Waals surface area contributed by atoms with Crippen LogP contribution in [0, 0.1) is 0 Å². The van der Waals surface area contributed by atoms with Crippen LogP contribution in [-0.2, 0) is 14.3 Å². The Labute approximate surface area is 182 Å². The highest BCUT2D eigenvalue weighted by atomic mass is 16.5. The van der Waals surface area contributed by atoms with Crippen LogP contribution in [0.2, 0.25) is 0 Å². The van der Waals surface area contributed by atoms with Gasteiger partial charge in [0, 0.05) is 19.2 Å². The summed E-state index contributed by atoms with van der Waals surface area (Å²) in [5.74, 6) is -0.542. The van der Waals surface area contributed by atoms with E-state index in [0.29, 0.717) is 28.9 Å². The van der Waals surface area contributed by atoms with Crippen LogP contribution < -0.4 is 10.6 Å². The molecule has 2 aromatic carbocycles. The van der Waals surface area contributed by atoms with E-state index >= 15 is 0 Å². The fourth-order valence-electron chi connectivity index (χ4n) is 3.54. The molecule has 0 saturated heterocycles. The van der Waals surface area contributed by atoms with Gasteiger partial charge in [-0.3, -0.25) is 9.69 Å². The summed E-state index contributed by atoms with van der Waals surface area (Å²) in [5.41, 5.74) is 2.99. The molecular weight excluding hydrogens is 394 g/mol. The van der Waals surface area contributed by atoms with Crippen LogP contribution in [0.1, 0.15) is 43.9 Å². The Balaban J connectivity index is 2.05. The lowest BCUT2D eigenvalue weighted by atomic mass is 9.92. The van der Waals surface area contributed by atoms with Gasteiger partial charge in [0.25, 0.3) is 0 Å². The minimum Gasteiger partial charge on any atom is -0.463 e. The van der Waals surface area contributed by atoms with Crippen molar-refractivity contribution >= 4 is 29.3 Å². The molecule has 31 heavy (non-hydrogen) atoms. The Morgan fingerprint density at radius 2 is 1.74 bits per heavy atom. The number of ether oxygens (including phenoxy) is 1. The van der Waals surface area contributed by atoms with E-state index in [0.717, 1.165) is 12.0 Å². The second-order valence-corrected chi connectivity index (χ2v) is 7.21. The van der Waals surface area contributed by atoms with Gasteiger partial charge in [-0.05, 0) is 36.6 Å². The number of benzene rings is 2. The molecule has 0 spiro atoms. The summed E-state index contributed by atoms with van der Waals surface area (Å²) >= 11 is 0.